The van der Waals surface area contributed by atoms with Crippen LogP contribution in [0.4, 0.5) is 10.2 Å². The lowest BCUT2D eigenvalue weighted by Gasteiger charge is -2.20. The van der Waals surface area contributed by atoms with Gasteiger partial charge in [-0.3, -0.25) is 9.48 Å². The molecule has 0 amide bonds. The van der Waals surface area contributed by atoms with Crippen LogP contribution in [0.15, 0.2) is 30.5 Å². The Hall–Kier alpha value is -3.97. The lowest BCUT2D eigenvalue weighted by Crippen LogP contribution is -2.17. The summed E-state index contributed by atoms with van der Waals surface area (Å²) in [6.07, 6.45) is 0.749. The van der Waals surface area contributed by atoms with E-state index in [-0.39, 0.29) is 47.9 Å². The fourth-order valence-corrected chi connectivity index (χ4v) is 3.36. The monoisotopic (exact) mass is 423 g/mol. The summed E-state index contributed by atoms with van der Waals surface area (Å²) in [7, 11) is 1.60. The van der Waals surface area contributed by atoms with Gasteiger partial charge in [0.2, 0.25) is 5.88 Å². The van der Waals surface area contributed by atoms with Crippen molar-refractivity contribution in [3.05, 3.63) is 53.1 Å². The number of nitrogen functional groups attached to an aromatic ring is 1. The van der Waals surface area contributed by atoms with Crippen molar-refractivity contribution in [1.82, 2.24) is 14.8 Å². The number of nitrogens with zero attached hydrogens (tertiary/aromatic N) is 4. The van der Waals surface area contributed by atoms with Crippen LogP contribution in [0.1, 0.15) is 34.6 Å². The molecule has 0 spiro atoms. The number of aromatic nitrogens is 3. The molecule has 2 N–H and O–H groups in total. The fourth-order valence-electron chi connectivity index (χ4n) is 3.36. The lowest BCUT2D eigenvalue weighted by atomic mass is 9.99. The molecule has 10 heteroatoms. The number of nitrogens with two attached hydrogens (primary N) is 1. The second-order valence-corrected chi connectivity index (χ2v) is 6.90. The molecule has 2 aromatic heterocycles. The maximum atomic E-state index is 13.9. The van der Waals surface area contributed by atoms with E-state index in [1.54, 1.807) is 20.0 Å². The van der Waals surface area contributed by atoms with Crippen LogP contribution in [0.3, 0.4) is 0 Å². The average molecular weight is 423 g/mol. The van der Waals surface area contributed by atoms with Crippen molar-refractivity contribution in [3.8, 4) is 28.8 Å². The zero-order chi connectivity index (χ0) is 22.1. The third-order valence-electron chi connectivity index (χ3n) is 4.86. The summed E-state index contributed by atoms with van der Waals surface area (Å²) < 4.78 is 32.2. The predicted molar refractivity (Wildman–Crippen MR) is 107 cm³/mol. The first kappa shape index (κ1) is 20.3. The summed E-state index contributed by atoms with van der Waals surface area (Å²) in [5.41, 5.74) is 7.70. The topological polar surface area (TPSA) is 125 Å². The number of hydrogen-bond donors (Lipinski definition) is 1. The molecule has 2 bridgehead atoms. The molecule has 0 unspecified atom stereocenters. The first-order chi connectivity index (χ1) is 14.9. The maximum absolute atomic E-state index is 13.9. The van der Waals surface area contributed by atoms with E-state index in [2.05, 4.69) is 16.2 Å². The van der Waals surface area contributed by atoms with Gasteiger partial charge in [0.1, 0.15) is 30.3 Å². The largest absolute Gasteiger partial charge is 0.482 e. The van der Waals surface area contributed by atoms with Crippen LogP contribution in [0, 0.1) is 17.1 Å². The number of carbonyl (C=O) groups is 1. The number of anilines is 1. The minimum Gasteiger partial charge on any atom is -0.482 e. The van der Waals surface area contributed by atoms with Gasteiger partial charge >= 0.3 is 0 Å². The quantitative estimate of drug-likeness (QED) is 0.585. The van der Waals surface area contributed by atoms with Gasteiger partial charge in [-0.1, -0.05) is 0 Å². The van der Waals surface area contributed by atoms with Crippen molar-refractivity contribution in [3.63, 3.8) is 0 Å². The van der Waals surface area contributed by atoms with Gasteiger partial charge in [-0.05, 0) is 31.2 Å². The highest BCUT2D eigenvalue weighted by Crippen LogP contribution is 2.37. The second kappa shape index (κ2) is 8.04. The normalized spacial score (nSPS) is 16.2. The first-order valence-electron chi connectivity index (χ1n) is 9.32. The van der Waals surface area contributed by atoms with Crippen LogP contribution in [0.2, 0.25) is 0 Å². The number of benzene rings is 1. The van der Waals surface area contributed by atoms with Crippen molar-refractivity contribution in [2.45, 2.75) is 13.0 Å². The number of aryl methyl sites for hydroxylation is 1. The average Bonchev–Trinajstić information content (AvgIpc) is 3.07. The fraction of sp³-hybridized carbons (Fsp3) is 0.238. The van der Waals surface area contributed by atoms with E-state index in [1.165, 1.54) is 29.1 Å². The van der Waals surface area contributed by atoms with Crippen molar-refractivity contribution in [2.24, 2.45) is 7.05 Å². The highest BCUT2D eigenvalue weighted by molar-refractivity contribution is 5.98. The summed E-state index contributed by atoms with van der Waals surface area (Å²) in [5.74, 6) is -0.438. The number of fused-ring (bicyclic) bond motifs is 5. The summed E-state index contributed by atoms with van der Waals surface area (Å²) in [6.45, 7) is 1.09. The number of pyridine rings is 1. The number of Topliss-reactive ketones (excluding diaryl/α,β-unsaturated/α-hetero) is 1. The summed E-state index contributed by atoms with van der Waals surface area (Å²) in [4.78, 5) is 16.8. The number of rotatable bonds is 0. The van der Waals surface area contributed by atoms with E-state index in [1.807, 2.05) is 0 Å². The molecule has 3 aromatic rings. The van der Waals surface area contributed by atoms with Gasteiger partial charge in [0.25, 0.3) is 0 Å². The van der Waals surface area contributed by atoms with Crippen LogP contribution < -0.4 is 15.2 Å². The van der Waals surface area contributed by atoms with Gasteiger partial charge < -0.3 is 19.9 Å². The van der Waals surface area contributed by atoms with E-state index < -0.39 is 11.9 Å². The molecule has 0 saturated carbocycles. The highest BCUT2D eigenvalue weighted by atomic mass is 19.1. The van der Waals surface area contributed by atoms with E-state index in [0.29, 0.717) is 16.7 Å². The molecule has 3 heterocycles. The van der Waals surface area contributed by atoms with Crippen molar-refractivity contribution >= 4 is 11.6 Å². The number of hydrogen-bond acceptors (Lipinski definition) is 8. The number of ketones is 1. The second-order valence-electron chi connectivity index (χ2n) is 6.90. The van der Waals surface area contributed by atoms with Gasteiger partial charge in [0.15, 0.2) is 24.1 Å². The predicted octanol–water partition coefficient (Wildman–Crippen LogP) is 2.76. The molecular weight excluding hydrogens is 405 g/mol. The number of halogens is 1. The Balaban J connectivity index is 1.87. The zero-order valence-electron chi connectivity index (χ0n) is 16.8. The van der Waals surface area contributed by atoms with Crippen LogP contribution >= 0.6 is 0 Å². The molecule has 0 radical (unpaired) electrons. The third kappa shape index (κ3) is 3.78. The van der Waals surface area contributed by atoms with E-state index in [0.717, 1.165) is 0 Å². The lowest BCUT2D eigenvalue weighted by molar-refractivity contribution is 0.0154. The minimum absolute atomic E-state index is 0.0974. The van der Waals surface area contributed by atoms with E-state index >= 15 is 0 Å². The standard InChI is InChI=1S/C21H18FN5O4/c1-11-15-6-13(22)3-4-14(15)17(28)9-29-10-30-21-19(16(7-23)27(2)26-21)12-5-18(31-11)20(24)25-8-12/h3-6,8,11H,9-10H2,1-2H3,(H2,24,25)/t11-/m1/s1. The zero-order valence-corrected chi connectivity index (χ0v) is 16.8. The number of nitriles is 1. The van der Waals surface area contributed by atoms with E-state index in [4.69, 9.17) is 19.9 Å². The molecule has 1 aliphatic rings. The summed E-state index contributed by atoms with van der Waals surface area (Å²) >= 11 is 0. The SMILES string of the molecule is C[C@H]1Oc2cc(cnc2N)-c2c(nn(C)c2C#N)OCOCC(=O)c2ccc(F)cc21. The Morgan fingerprint density at radius 3 is 2.94 bits per heavy atom. The molecule has 0 aliphatic carbocycles. The molecule has 0 saturated heterocycles. The van der Waals surface area contributed by atoms with Crippen molar-refractivity contribution < 1.29 is 23.4 Å². The van der Waals surface area contributed by atoms with E-state index in [9.17, 15) is 14.4 Å². The maximum Gasteiger partial charge on any atom is 0.244 e. The van der Waals surface area contributed by atoms with Crippen molar-refractivity contribution in [1.29, 1.82) is 5.26 Å². The van der Waals surface area contributed by atoms with Gasteiger partial charge in [-0.15, -0.1) is 5.10 Å². The molecule has 4 rings (SSSR count). The molecule has 0 fully saturated rings. The van der Waals surface area contributed by atoms with Gasteiger partial charge in [0, 0.05) is 29.9 Å². The minimum atomic E-state index is -0.725. The Morgan fingerprint density at radius 2 is 2.16 bits per heavy atom. The van der Waals surface area contributed by atoms with Gasteiger partial charge in [0.05, 0.1) is 5.56 Å². The molecule has 158 valence electrons. The van der Waals surface area contributed by atoms with Crippen molar-refractivity contribution in [2.75, 3.05) is 19.1 Å². The Morgan fingerprint density at radius 1 is 1.35 bits per heavy atom. The molecule has 9 nitrogen and oxygen atoms in total. The van der Waals surface area contributed by atoms with Crippen LogP contribution in [0.5, 0.6) is 11.6 Å². The first-order valence-corrected chi connectivity index (χ1v) is 9.32. The number of ether oxygens (including phenoxy) is 3. The molecule has 1 aliphatic heterocycles. The molecule has 31 heavy (non-hydrogen) atoms. The smallest absolute Gasteiger partial charge is 0.244 e. The van der Waals surface area contributed by atoms with Gasteiger partial charge in [-0.2, -0.15) is 5.26 Å². The Bertz CT molecular complexity index is 1220. The Kier molecular flexibility index (Phi) is 5.27. The highest BCUT2D eigenvalue weighted by Gasteiger charge is 2.24. The molecular formula is C21H18FN5O4. The summed E-state index contributed by atoms with van der Waals surface area (Å²) in [6, 6.07) is 7.50. The molecule has 1 aromatic carbocycles. The van der Waals surface area contributed by atoms with Gasteiger partial charge in [-0.25, -0.2) is 9.37 Å². The third-order valence-corrected chi connectivity index (χ3v) is 4.86. The van der Waals surface area contributed by atoms with Crippen LogP contribution in [0.25, 0.3) is 11.1 Å². The number of carbonyl (C=O) groups excluding carboxylic acids is 1. The molecule has 1 atom stereocenters. The van der Waals surface area contributed by atoms with Crippen LogP contribution in [-0.4, -0.2) is 33.9 Å². The Labute approximate surface area is 176 Å². The summed E-state index contributed by atoms with van der Waals surface area (Å²) in [5, 5.41) is 13.8. The van der Waals surface area contributed by atoms with Crippen LogP contribution in [-0.2, 0) is 11.8 Å².